The summed E-state index contributed by atoms with van der Waals surface area (Å²) in [4.78, 5) is 14.8. The fourth-order valence-electron chi connectivity index (χ4n) is 1.70. The number of aromatic nitrogens is 1. The van der Waals surface area contributed by atoms with Crippen molar-refractivity contribution < 1.29 is 4.39 Å². The molecule has 3 heteroatoms. The first kappa shape index (κ1) is 9.90. The van der Waals surface area contributed by atoms with Crippen LogP contribution >= 0.6 is 0 Å². The van der Waals surface area contributed by atoms with Gasteiger partial charge in [-0.25, -0.2) is 4.39 Å². The van der Waals surface area contributed by atoms with Gasteiger partial charge in [-0.1, -0.05) is 13.0 Å². The second-order valence-corrected chi connectivity index (χ2v) is 3.63. The van der Waals surface area contributed by atoms with Crippen molar-refractivity contribution in [2.75, 3.05) is 0 Å². The Morgan fingerprint density at radius 1 is 1.40 bits per heavy atom. The Labute approximate surface area is 86.8 Å². The highest BCUT2D eigenvalue weighted by Crippen LogP contribution is 2.16. The lowest BCUT2D eigenvalue weighted by molar-refractivity contribution is 0.638. The largest absolute Gasteiger partial charge is 0.358 e. The maximum absolute atomic E-state index is 13.4. The Morgan fingerprint density at radius 3 is 2.80 bits per heavy atom. The van der Waals surface area contributed by atoms with Crippen LogP contribution < -0.4 is 5.43 Å². The second-order valence-electron chi connectivity index (χ2n) is 3.63. The molecule has 1 aromatic heterocycles. The van der Waals surface area contributed by atoms with E-state index in [1.165, 1.54) is 12.1 Å². The Balaban J connectivity index is 2.97. The highest BCUT2D eigenvalue weighted by molar-refractivity contribution is 5.82. The number of nitrogens with one attached hydrogen (secondary N) is 1. The van der Waals surface area contributed by atoms with Gasteiger partial charge in [0.1, 0.15) is 5.82 Å². The summed E-state index contributed by atoms with van der Waals surface area (Å²) in [6, 6.07) is 4.47. The van der Waals surface area contributed by atoms with Crippen molar-refractivity contribution in [3.8, 4) is 0 Å². The van der Waals surface area contributed by atoms with Crippen molar-refractivity contribution in [1.29, 1.82) is 0 Å². The van der Waals surface area contributed by atoms with Gasteiger partial charge in [0.25, 0.3) is 0 Å². The highest BCUT2D eigenvalue weighted by Gasteiger charge is 2.08. The van der Waals surface area contributed by atoms with Crippen molar-refractivity contribution in [3.05, 3.63) is 45.5 Å². The zero-order chi connectivity index (χ0) is 11.0. The summed E-state index contributed by atoms with van der Waals surface area (Å²) in [6.07, 6.45) is 0.737. The van der Waals surface area contributed by atoms with Crippen LogP contribution in [-0.4, -0.2) is 4.98 Å². The first-order valence-corrected chi connectivity index (χ1v) is 4.94. The minimum absolute atomic E-state index is 0.159. The van der Waals surface area contributed by atoms with Gasteiger partial charge >= 0.3 is 0 Å². The summed E-state index contributed by atoms with van der Waals surface area (Å²) in [5.74, 6) is -0.459. The molecule has 2 rings (SSSR count). The second kappa shape index (κ2) is 3.50. The topological polar surface area (TPSA) is 32.9 Å². The van der Waals surface area contributed by atoms with E-state index in [4.69, 9.17) is 0 Å². The minimum atomic E-state index is -0.459. The Kier molecular flexibility index (Phi) is 2.31. The molecule has 0 unspecified atom stereocenters. The first-order valence-electron chi connectivity index (χ1n) is 4.94. The van der Waals surface area contributed by atoms with Gasteiger partial charge in [-0.05, 0) is 25.0 Å². The maximum atomic E-state index is 13.4. The van der Waals surface area contributed by atoms with Crippen LogP contribution in [0.2, 0.25) is 0 Å². The van der Waals surface area contributed by atoms with E-state index < -0.39 is 5.82 Å². The molecular formula is C12H12FNO. The number of aryl methyl sites for hydroxylation is 2. The standard InChI is InChI=1S/C12H12FNO/c1-3-8-6-10(15)11-9(13)5-4-7(2)12(11)14-8/h4-6H,3H2,1-2H3,(H,14,15). The number of benzene rings is 1. The quantitative estimate of drug-likeness (QED) is 0.762. The lowest BCUT2D eigenvalue weighted by atomic mass is 10.1. The van der Waals surface area contributed by atoms with Crippen LogP contribution in [0.25, 0.3) is 10.9 Å². The van der Waals surface area contributed by atoms with Gasteiger partial charge in [0.2, 0.25) is 0 Å². The molecule has 1 aromatic carbocycles. The number of hydrogen-bond acceptors (Lipinski definition) is 1. The number of H-pyrrole nitrogens is 1. The molecule has 15 heavy (non-hydrogen) atoms. The summed E-state index contributed by atoms with van der Waals surface area (Å²) in [6.45, 7) is 3.81. The Bertz CT molecular complexity index is 572. The molecule has 0 spiro atoms. The van der Waals surface area contributed by atoms with Crippen LogP contribution in [-0.2, 0) is 6.42 Å². The van der Waals surface area contributed by atoms with Gasteiger partial charge < -0.3 is 4.98 Å². The molecule has 0 aliphatic rings. The van der Waals surface area contributed by atoms with Crippen LogP contribution in [0.1, 0.15) is 18.2 Å². The predicted molar refractivity (Wildman–Crippen MR) is 58.6 cm³/mol. The number of aromatic amines is 1. The zero-order valence-electron chi connectivity index (χ0n) is 8.73. The molecule has 0 fully saturated rings. The molecule has 1 N–H and O–H groups in total. The number of rotatable bonds is 1. The average molecular weight is 205 g/mol. The molecule has 0 radical (unpaired) electrons. The molecule has 78 valence electrons. The van der Waals surface area contributed by atoms with Crippen LogP contribution in [0.4, 0.5) is 4.39 Å². The fourth-order valence-corrected chi connectivity index (χ4v) is 1.70. The van der Waals surface area contributed by atoms with Crippen molar-refractivity contribution in [1.82, 2.24) is 4.98 Å². The molecule has 2 nitrogen and oxygen atoms in total. The molecular weight excluding hydrogens is 193 g/mol. The van der Waals surface area contributed by atoms with E-state index in [1.807, 2.05) is 13.8 Å². The first-order chi connectivity index (χ1) is 7.13. The zero-order valence-corrected chi connectivity index (χ0v) is 8.73. The van der Waals surface area contributed by atoms with E-state index in [0.717, 1.165) is 17.7 Å². The SMILES string of the molecule is CCc1cc(=O)c2c(F)ccc(C)c2[nH]1. The summed E-state index contributed by atoms with van der Waals surface area (Å²) < 4.78 is 13.4. The van der Waals surface area contributed by atoms with E-state index in [0.29, 0.717) is 5.52 Å². The van der Waals surface area contributed by atoms with Crippen LogP contribution in [0, 0.1) is 12.7 Å². The van der Waals surface area contributed by atoms with Crippen molar-refractivity contribution in [2.24, 2.45) is 0 Å². The average Bonchev–Trinajstić information content (AvgIpc) is 2.23. The molecule has 0 atom stereocenters. The van der Waals surface area contributed by atoms with Gasteiger partial charge in [0.15, 0.2) is 5.43 Å². The summed E-state index contributed by atoms with van der Waals surface area (Å²) >= 11 is 0. The molecule has 0 aliphatic heterocycles. The van der Waals surface area contributed by atoms with Crippen LogP contribution in [0.5, 0.6) is 0 Å². The number of hydrogen-bond donors (Lipinski definition) is 1. The summed E-state index contributed by atoms with van der Waals surface area (Å²) in [5, 5.41) is 0.159. The lowest BCUT2D eigenvalue weighted by Gasteiger charge is -2.05. The molecule has 0 aliphatic carbocycles. The number of pyridine rings is 1. The van der Waals surface area contributed by atoms with Crippen LogP contribution in [0.15, 0.2) is 23.0 Å². The number of fused-ring (bicyclic) bond motifs is 1. The van der Waals surface area contributed by atoms with Gasteiger partial charge in [-0.15, -0.1) is 0 Å². The smallest absolute Gasteiger partial charge is 0.192 e. The van der Waals surface area contributed by atoms with E-state index >= 15 is 0 Å². The van der Waals surface area contributed by atoms with E-state index in [-0.39, 0.29) is 10.8 Å². The lowest BCUT2D eigenvalue weighted by Crippen LogP contribution is -2.07. The third kappa shape index (κ3) is 1.54. The highest BCUT2D eigenvalue weighted by atomic mass is 19.1. The third-order valence-electron chi connectivity index (χ3n) is 2.58. The fraction of sp³-hybridized carbons (Fsp3) is 0.250. The maximum Gasteiger partial charge on any atom is 0.192 e. The monoisotopic (exact) mass is 205 g/mol. The molecule has 0 saturated carbocycles. The van der Waals surface area contributed by atoms with Gasteiger partial charge in [-0.3, -0.25) is 4.79 Å². The molecule has 2 aromatic rings. The summed E-state index contributed by atoms with van der Waals surface area (Å²) in [7, 11) is 0. The van der Waals surface area contributed by atoms with Gasteiger partial charge in [0.05, 0.1) is 10.9 Å². The molecule has 1 heterocycles. The third-order valence-corrected chi connectivity index (χ3v) is 2.58. The van der Waals surface area contributed by atoms with E-state index in [2.05, 4.69) is 4.98 Å². The number of halogens is 1. The Morgan fingerprint density at radius 2 is 2.13 bits per heavy atom. The van der Waals surface area contributed by atoms with Crippen molar-refractivity contribution >= 4 is 10.9 Å². The predicted octanol–water partition coefficient (Wildman–Crippen LogP) is 2.54. The van der Waals surface area contributed by atoms with E-state index in [1.54, 1.807) is 6.07 Å². The van der Waals surface area contributed by atoms with Crippen molar-refractivity contribution in [3.63, 3.8) is 0 Å². The molecule has 0 amide bonds. The Hall–Kier alpha value is -1.64. The van der Waals surface area contributed by atoms with Crippen molar-refractivity contribution in [2.45, 2.75) is 20.3 Å². The molecule has 0 bridgehead atoms. The normalized spacial score (nSPS) is 10.9. The van der Waals surface area contributed by atoms with Crippen LogP contribution in [0.3, 0.4) is 0 Å². The summed E-state index contributed by atoms with van der Waals surface area (Å²) in [5.41, 5.74) is 2.08. The molecule has 0 saturated heterocycles. The van der Waals surface area contributed by atoms with E-state index in [9.17, 15) is 9.18 Å². The minimum Gasteiger partial charge on any atom is -0.358 e. The van der Waals surface area contributed by atoms with Gasteiger partial charge in [-0.2, -0.15) is 0 Å². The van der Waals surface area contributed by atoms with Gasteiger partial charge in [0, 0.05) is 11.8 Å².